The lowest BCUT2D eigenvalue weighted by atomic mass is 9.84. The van der Waals surface area contributed by atoms with Crippen molar-refractivity contribution in [2.24, 2.45) is 0 Å². The number of esters is 1. The summed E-state index contributed by atoms with van der Waals surface area (Å²) in [7, 11) is 0. The third-order valence-electron chi connectivity index (χ3n) is 7.68. The van der Waals surface area contributed by atoms with Crippen LogP contribution in [0, 0.1) is 5.41 Å². The Labute approximate surface area is 259 Å². The Morgan fingerprint density at radius 1 is 0.909 bits per heavy atom. The Morgan fingerprint density at radius 2 is 1.50 bits per heavy atom. The highest BCUT2D eigenvalue weighted by Gasteiger charge is 2.38. The fourth-order valence-electron chi connectivity index (χ4n) is 5.17. The number of rotatable bonds is 9. The zero-order chi connectivity index (χ0) is 32.3. The quantitative estimate of drug-likeness (QED) is 0.137. The summed E-state index contributed by atoms with van der Waals surface area (Å²) in [6, 6.07) is 14.6. The minimum Gasteiger partial charge on any atom is -0.456 e. The largest absolute Gasteiger partial charge is 0.456 e. The first kappa shape index (κ1) is 33.8. The Hall–Kier alpha value is -3.12. The van der Waals surface area contributed by atoms with Gasteiger partial charge in [0, 0.05) is 19.0 Å². The molecule has 1 saturated heterocycles. The van der Waals surface area contributed by atoms with E-state index >= 15 is 0 Å². The van der Waals surface area contributed by atoms with E-state index in [0.29, 0.717) is 44.5 Å². The van der Waals surface area contributed by atoms with Crippen LogP contribution in [-0.4, -0.2) is 47.9 Å². The summed E-state index contributed by atoms with van der Waals surface area (Å²) in [5.74, 6) is -2.10. The number of halogens is 8. The van der Waals surface area contributed by atoms with Crippen LogP contribution >= 0.6 is 23.2 Å². The van der Waals surface area contributed by atoms with Crippen LogP contribution < -0.4 is 0 Å². The minimum atomic E-state index is -5.13. The summed E-state index contributed by atoms with van der Waals surface area (Å²) < 4.78 is 84.5. The maximum absolute atomic E-state index is 13.2. The van der Waals surface area contributed by atoms with Gasteiger partial charge in [-0.3, -0.25) is 0 Å². The van der Waals surface area contributed by atoms with Crippen molar-refractivity contribution in [3.63, 3.8) is 0 Å². The number of alkyl halides is 6. The Bertz CT molecular complexity index is 1460. The first-order chi connectivity index (χ1) is 20.6. The molecule has 236 valence electrons. The first-order valence-corrected chi connectivity index (χ1v) is 14.3. The Morgan fingerprint density at radius 3 is 2.05 bits per heavy atom. The Kier molecular flexibility index (Phi) is 10.3. The molecule has 1 aliphatic rings. The first-order valence-electron chi connectivity index (χ1n) is 13.6. The summed E-state index contributed by atoms with van der Waals surface area (Å²) >= 11 is 12.3. The summed E-state index contributed by atoms with van der Waals surface area (Å²) in [6.07, 6.45) is -8.94. The number of nitrogens with one attached hydrogen (secondary N) is 1. The predicted molar refractivity (Wildman–Crippen MR) is 154 cm³/mol. The lowest BCUT2D eigenvalue weighted by Gasteiger charge is -2.39. The van der Waals surface area contributed by atoms with Crippen LogP contribution in [0.25, 0.3) is 0 Å². The molecule has 2 N–H and O–H groups in total. The summed E-state index contributed by atoms with van der Waals surface area (Å²) in [4.78, 5) is 14.7. The van der Waals surface area contributed by atoms with Crippen LogP contribution in [0.2, 0.25) is 10.0 Å². The number of hydrogen-bond acceptors (Lipinski definition) is 5. The van der Waals surface area contributed by atoms with Crippen LogP contribution in [0.1, 0.15) is 57.8 Å². The average molecular weight is 661 g/mol. The fraction of sp³-hybridized carbons (Fsp3) is 0.355. The maximum atomic E-state index is 13.2. The predicted octanol–water partition coefficient (Wildman–Crippen LogP) is 8.37. The zero-order valence-corrected chi connectivity index (χ0v) is 24.6. The van der Waals surface area contributed by atoms with Crippen molar-refractivity contribution in [1.29, 1.82) is 5.41 Å². The van der Waals surface area contributed by atoms with Crippen LogP contribution in [-0.2, 0) is 22.7 Å². The van der Waals surface area contributed by atoms with Crippen LogP contribution in [0.15, 0.2) is 66.7 Å². The molecule has 1 unspecified atom stereocenters. The van der Waals surface area contributed by atoms with Crippen molar-refractivity contribution in [3.05, 3.63) is 105 Å². The highest BCUT2D eigenvalue weighted by atomic mass is 35.5. The number of benzene rings is 3. The molecular formula is C31H28Cl2F6N2O3. The van der Waals surface area contributed by atoms with E-state index in [9.17, 15) is 36.2 Å². The lowest BCUT2D eigenvalue weighted by Crippen LogP contribution is -2.43. The van der Waals surface area contributed by atoms with E-state index in [1.165, 1.54) is 6.07 Å². The molecule has 0 bridgehead atoms. The van der Waals surface area contributed by atoms with Gasteiger partial charge in [0.15, 0.2) is 0 Å². The van der Waals surface area contributed by atoms with Gasteiger partial charge in [-0.1, -0.05) is 59.6 Å². The smallest absolute Gasteiger partial charge is 0.416 e. The second-order valence-electron chi connectivity index (χ2n) is 10.6. The normalized spacial score (nSPS) is 16.4. The second kappa shape index (κ2) is 13.5. The van der Waals surface area contributed by atoms with Crippen molar-refractivity contribution in [2.45, 2.75) is 43.1 Å². The van der Waals surface area contributed by atoms with Gasteiger partial charge in [0.05, 0.1) is 38.0 Å². The molecule has 0 aliphatic carbocycles. The van der Waals surface area contributed by atoms with Crippen molar-refractivity contribution < 1.29 is 41.0 Å². The van der Waals surface area contributed by atoms with Gasteiger partial charge in [-0.15, -0.1) is 0 Å². The van der Waals surface area contributed by atoms with Gasteiger partial charge in [0.25, 0.3) is 0 Å². The fourth-order valence-corrected chi connectivity index (χ4v) is 5.47. The molecule has 3 aromatic rings. The van der Waals surface area contributed by atoms with Crippen molar-refractivity contribution >= 4 is 34.9 Å². The minimum absolute atomic E-state index is 0.0829. The molecule has 1 fully saturated rings. The number of ether oxygens (including phenoxy) is 1. The van der Waals surface area contributed by atoms with Crippen LogP contribution in [0.5, 0.6) is 0 Å². The van der Waals surface area contributed by atoms with Gasteiger partial charge in [-0.25, -0.2) is 4.79 Å². The van der Waals surface area contributed by atoms with E-state index < -0.39 is 53.1 Å². The van der Waals surface area contributed by atoms with Gasteiger partial charge >= 0.3 is 18.3 Å². The number of likely N-dealkylation sites (tertiary alicyclic amines) is 1. The van der Waals surface area contributed by atoms with E-state index in [0.717, 1.165) is 5.56 Å². The van der Waals surface area contributed by atoms with Crippen LogP contribution in [0.3, 0.4) is 0 Å². The highest BCUT2D eigenvalue weighted by molar-refractivity contribution is 6.42. The molecule has 1 heterocycles. The topological polar surface area (TPSA) is 73.6 Å². The van der Waals surface area contributed by atoms with E-state index in [4.69, 9.17) is 33.3 Å². The van der Waals surface area contributed by atoms with E-state index in [2.05, 4.69) is 4.90 Å². The third kappa shape index (κ3) is 8.32. The number of nitrogens with zero attached hydrogens (tertiary/aromatic N) is 1. The molecule has 4 rings (SSSR count). The van der Waals surface area contributed by atoms with Crippen molar-refractivity contribution in [1.82, 2.24) is 4.90 Å². The zero-order valence-electron chi connectivity index (χ0n) is 23.1. The van der Waals surface area contributed by atoms with E-state index in [1.54, 1.807) is 12.1 Å². The Balaban J connectivity index is 1.46. The van der Waals surface area contributed by atoms with Gasteiger partial charge in [-0.2, -0.15) is 26.3 Å². The van der Waals surface area contributed by atoms with Gasteiger partial charge in [0.1, 0.15) is 6.61 Å². The molecule has 0 spiro atoms. The molecule has 5 nitrogen and oxygen atoms in total. The monoisotopic (exact) mass is 660 g/mol. The van der Waals surface area contributed by atoms with Gasteiger partial charge in [-0.05, 0) is 67.3 Å². The van der Waals surface area contributed by atoms with Gasteiger partial charge in [0.2, 0.25) is 0 Å². The highest BCUT2D eigenvalue weighted by Crippen LogP contribution is 2.37. The standard InChI is InChI=1S/C31H28Cl2F6N2O3/c32-25-7-6-19(16-26(25)33)24(8-11-41-12-9-29(43,10-13-41)21-4-2-1-3-5-21)27(40)18-44-28(42)20-14-22(30(34,35)36)17-23(15-20)31(37,38)39/h1-7,14-17,24,40,43H,8-13,18H2. The number of carbonyl (C=O) groups excluding carboxylic acids is 1. The SMILES string of the molecule is N=C(COC(=O)c1cc(C(F)(F)F)cc(C(F)(F)F)c1)C(CCN1CCC(O)(c2ccccc2)CC1)c1ccc(Cl)c(Cl)c1. The number of aliphatic hydroxyl groups is 1. The second-order valence-corrected chi connectivity index (χ2v) is 11.5. The molecule has 0 amide bonds. The lowest BCUT2D eigenvalue weighted by molar-refractivity contribution is -0.143. The van der Waals surface area contributed by atoms with E-state index in [-0.39, 0.29) is 34.0 Å². The van der Waals surface area contributed by atoms with Crippen LogP contribution in [0.4, 0.5) is 26.3 Å². The van der Waals surface area contributed by atoms with Crippen molar-refractivity contribution in [3.8, 4) is 0 Å². The molecule has 13 heteroatoms. The molecule has 0 aromatic heterocycles. The molecule has 3 aromatic carbocycles. The molecular weight excluding hydrogens is 633 g/mol. The summed E-state index contributed by atoms with van der Waals surface area (Å²) in [5.41, 5.74) is -3.94. The third-order valence-corrected chi connectivity index (χ3v) is 8.42. The molecule has 1 aliphatic heterocycles. The van der Waals surface area contributed by atoms with E-state index in [1.807, 2.05) is 30.3 Å². The number of piperidine rings is 1. The maximum Gasteiger partial charge on any atom is 0.416 e. The van der Waals surface area contributed by atoms with Crippen molar-refractivity contribution in [2.75, 3.05) is 26.2 Å². The summed E-state index contributed by atoms with van der Waals surface area (Å²) in [6.45, 7) is 0.932. The molecule has 44 heavy (non-hydrogen) atoms. The number of hydrogen-bond donors (Lipinski definition) is 2. The molecule has 0 radical (unpaired) electrons. The average Bonchev–Trinajstić information content (AvgIpc) is 2.98. The summed E-state index contributed by atoms with van der Waals surface area (Å²) in [5, 5.41) is 20.3. The van der Waals surface area contributed by atoms with Gasteiger partial charge < -0.3 is 20.2 Å². The molecule has 1 atom stereocenters. The molecule has 0 saturated carbocycles. The number of carbonyl (C=O) groups is 1.